The summed E-state index contributed by atoms with van der Waals surface area (Å²) in [5.41, 5.74) is 2.37. The van der Waals surface area contributed by atoms with E-state index in [0.717, 1.165) is 12.1 Å². The van der Waals surface area contributed by atoms with Gasteiger partial charge in [-0.3, -0.25) is 4.90 Å². The van der Waals surface area contributed by atoms with Crippen molar-refractivity contribution in [1.82, 2.24) is 9.88 Å². The molecule has 2 heterocycles. The summed E-state index contributed by atoms with van der Waals surface area (Å²) in [6.07, 6.45) is 1.34. The molecule has 4 heteroatoms. The van der Waals surface area contributed by atoms with Crippen molar-refractivity contribution < 1.29 is 0 Å². The minimum absolute atomic E-state index is 0.631. The third-order valence-corrected chi connectivity index (χ3v) is 3.90. The average Bonchev–Trinajstić information content (AvgIpc) is 2.50. The summed E-state index contributed by atoms with van der Waals surface area (Å²) in [5.74, 6) is 0. The molecule has 0 radical (unpaired) electrons. The molecule has 0 amide bonds. The first-order chi connectivity index (χ1) is 7.31. The van der Waals surface area contributed by atoms with Crippen LogP contribution in [0.4, 0.5) is 0 Å². The molecule has 0 bridgehead atoms. The van der Waals surface area contributed by atoms with Crippen molar-refractivity contribution in [3.8, 4) is 0 Å². The van der Waals surface area contributed by atoms with Crippen molar-refractivity contribution in [2.24, 2.45) is 0 Å². The number of fused-ring (bicyclic) bond motifs is 1. The van der Waals surface area contributed by atoms with E-state index in [2.05, 4.69) is 28.1 Å². The normalized spacial score (nSPS) is 16.9. The lowest BCUT2D eigenvalue weighted by atomic mass is 10.1. The zero-order valence-corrected chi connectivity index (χ0v) is 9.81. The molecule has 1 aliphatic heterocycles. The van der Waals surface area contributed by atoms with Crippen LogP contribution in [0, 0.1) is 0 Å². The lowest BCUT2D eigenvalue weighted by Crippen LogP contribution is -2.36. The smallest absolute Gasteiger partial charge is 0.184 e. The van der Waals surface area contributed by atoms with Gasteiger partial charge in [-0.05, 0) is 37.2 Å². The molecule has 15 heavy (non-hydrogen) atoms. The number of halogens is 1. The summed E-state index contributed by atoms with van der Waals surface area (Å²) in [6.45, 7) is 3.54. The van der Waals surface area contributed by atoms with Crippen LogP contribution in [0.1, 0.15) is 12.0 Å². The van der Waals surface area contributed by atoms with E-state index in [1.807, 2.05) is 0 Å². The molecular weight excluding hydrogens is 228 g/mol. The minimum atomic E-state index is 0.631. The highest BCUT2D eigenvalue weighted by Gasteiger charge is 2.14. The van der Waals surface area contributed by atoms with Gasteiger partial charge in [0.15, 0.2) is 4.47 Å². The number of thiazole rings is 1. The summed E-state index contributed by atoms with van der Waals surface area (Å²) in [7, 11) is 0. The standard InChI is InChI=1S/C11H11ClN2S/c12-11-13-9-3-2-8(6-10(9)15-11)7-14-4-1-5-14/h2-3,6H,1,4-5,7H2. The molecule has 0 atom stereocenters. The molecule has 1 aromatic heterocycles. The zero-order chi connectivity index (χ0) is 10.3. The van der Waals surface area contributed by atoms with Gasteiger partial charge >= 0.3 is 0 Å². The molecule has 2 aromatic rings. The zero-order valence-electron chi connectivity index (χ0n) is 8.24. The van der Waals surface area contributed by atoms with Crippen LogP contribution in [0.2, 0.25) is 4.47 Å². The third kappa shape index (κ3) is 1.87. The molecule has 1 aromatic carbocycles. The van der Waals surface area contributed by atoms with Gasteiger partial charge in [-0.15, -0.1) is 11.3 Å². The van der Waals surface area contributed by atoms with Gasteiger partial charge in [0.1, 0.15) is 0 Å². The van der Waals surface area contributed by atoms with Crippen LogP contribution >= 0.6 is 22.9 Å². The number of hydrogen-bond acceptors (Lipinski definition) is 3. The molecule has 0 spiro atoms. The third-order valence-electron chi connectivity index (χ3n) is 2.78. The monoisotopic (exact) mass is 238 g/mol. The fourth-order valence-electron chi connectivity index (χ4n) is 1.84. The van der Waals surface area contributed by atoms with Crippen LogP contribution < -0.4 is 0 Å². The van der Waals surface area contributed by atoms with E-state index in [4.69, 9.17) is 11.6 Å². The van der Waals surface area contributed by atoms with Gasteiger partial charge in [0.2, 0.25) is 0 Å². The predicted molar refractivity (Wildman–Crippen MR) is 64.5 cm³/mol. The predicted octanol–water partition coefficient (Wildman–Crippen LogP) is 3.16. The summed E-state index contributed by atoms with van der Waals surface area (Å²) < 4.78 is 1.82. The Morgan fingerprint density at radius 1 is 1.40 bits per heavy atom. The van der Waals surface area contributed by atoms with Gasteiger partial charge in [0.05, 0.1) is 10.2 Å². The number of likely N-dealkylation sites (tertiary alicyclic amines) is 1. The van der Waals surface area contributed by atoms with E-state index in [-0.39, 0.29) is 0 Å². The van der Waals surface area contributed by atoms with Crippen molar-refractivity contribution in [2.45, 2.75) is 13.0 Å². The molecule has 78 valence electrons. The molecule has 1 fully saturated rings. The highest BCUT2D eigenvalue weighted by Crippen LogP contribution is 2.27. The van der Waals surface area contributed by atoms with Crippen molar-refractivity contribution in [2.75, 3.05) is 13.1 Å². The SMILES string of the molecule is Clc1nc2ccc(CN3CCC3)cc2s1. The van der Waals surface area contributed by atoms with Gasteiger partial charge < -0.3 is 0 Å². The van der Waals surface area contributed by atoms with E-state index in [1.165, 1.54) is 29.8 Å². The summed E-state index contributed by atoms with van der Waals surface area (Å²) in [4.78, 5) is 6.69. The topological polar surface area (TPSA) is 16.1 Å². The van der Waals surface area contributed by atoms with Crippen molar-refractivity contribution in [3.63, 3.8) is 0 Å². The molecule has 0 aliphatic carbocycles. The summed E-state index contributed by atoms with van der Waals surface area (Å²) in [5, 5.41) is 0. The average molecular weight is 239 g/mol. The Balaban J connectivity index is 1.90. The molecule has 3 rings (SSSR count). The summed E-state index contributed by atoms with van der Waals surface area (Å²) in [6, 6.07) is 6.42. The van der Waals surface area contributed by atoms with Crippen LogP contribution in [0.3, 0.4) is 0 Å². The fraction of sp³-hybridized carbons (Fsp3) is 0.364. The molecule has 1 saturated heterocycles. The Hall–Kier alpha value is -0.640. The van der Waals surface area contributed by atoms with E-state index in [9.17, 15) is 0 Å². The molecule has 1 aliphatic rings. The van der Waals surface area contributed by atoms with Crippen LogP contribution in [-0.2, 0) is 6.54 Å². The Labute approximate surface area is 97.5 Å². The fourth-order valence-corrected chi connectivity index (χ4v) is 2.93. The largest absolute Gasteiger partial charge is 0.299 e. The second kappa shape index (κ2) is 3.74. The number of hydrogen-bond donors (Lipinski definition) is 0. The highest BCUT2D eigenvalue weighted by atomic mass is 35.5. The van der Waals surface area contributed by atoms with Crippen LogP contribution in [0.25, 0.3) is 10.2 Å². The number of aromatic nitrogens is 1. The lowest BCUT2D eigenvalue weighted by molar-refractivity contribution is 0.172. The Morgan fingerprint density at radius 3 is 3.00 bits per heavy atom. The number of rotatable bonds is 2. The maximum absolute atomic E-state index is 5.88. The van der Waals surface area contributed by atoms with Crippen molar-refractivity contribution in [3.05, 3.63) is 28.2 Å². The minimum Gasteiger partial charge on any atom is -0.299 e. The molecule has 2 nitrogen and oxygen atoms in total. The second-order valence-electron chi connectivity index (χ2n) is 3.90. The van der Waals surface area contributed by atoms with Crippen molar-refractivity contribution >= 4 is 33.2 Å². The van der Waals surface area contributed by atoms with Gasteiger partial charge in [-0.2, -0.15) is 0 Å². The first kappa shape index (κ1) is 9.58. The highest BCUT2D eigenvalue weighted by molar-refractivity contribution is 7.22. The maximum atomic E-state index is 5.88. The van der Waals surface area contributed by atoms with Gasteiger partial charge in [0.25, 0.3) is 0 Å². The molecular formula is C11H11ClN2S. The quantitative estimate of drug-likeness (QED) is 0.799. The van der Waals surface area contributed by atoms with E-state index < -0.39 is 0 Å². The summed E-state index contributed by atoms with van der Waals surface area (Å²) >= 11 is 7.43. The lowest BCUT2D eigenvalue weighted by Gasteiger charge is -2.30. The Kier molecular flexibility index (Phi) is 2.39. The van der Waals surface area contributed by atoms with Crippen LogP contribution in [0.5, 0.6) is 0 Å². The van der Waals surface area contributed by atoms with Gasteiger partial charge in [0, 0.05) is 6.54 Å². The van der Waals surface area contributed by atoms with E-state index in [1.54, 1.807) is 11.3 Å². The van der Waals surface area contributed by atoms with Gasteiger partial charge in [-0.1, -0.05) is 17.7 Å². The van der Waals surface area contributed by atoms with E-state index >= 15 is 0 Å². The molecule has 0 saturated carbocycles. The first-order valence-electron chi connectivity index (χ1n) is 5.08. The van der Waals surface area contributed by atoms with Crippen molar-refractivity contribution in [1.29, 1.82) is 0 Å². The number of nitrogens with zero attached hydrogens (tertiary/aromatic N) is 2. The second-order valence-corrected chi connectivity index (χ2v) is 5.51. The van der Waals surface area contributed by atoms with Crippen LogP contribution in [-0.4, -0.2) is 23.0 Å². The van der Waals surface area contributed by atoms with Gasteiger partial charge in [-0.25, -0.2) is 4.98 Å². The Bertz CT molecular complexity index is 490. The molecule has 0 N–H and O–H groups in total. The molecule has 0 unspecified atom stereocenters. The first-order valence-corrected chi connectivity index (χ1v) is 6.28. The van der Waals surface area contributed by atoms with Crippen LogP contribution in [0.15, 0.2) is 18.2 Å². The Morgan fingerprint density at radius 2 is 2.27 bits per heavy atom. The number of benzene rings is 1. The maximum Gasteiger partial charge on any atom is 0.184 e. The van der Waals surface area contributed by atoms with E-state index in [0.29, 0.717) is 4.47 Å².